The van der Waals surface area contributed by atoms with Gasteiger partial charge in [0, 0.05) is 30.1 Å². The van der Waals surface area contributed by atoms with Gasteiger partial charge in [-0.1, -0.05) is 13.3 Å². The van der Waals surface area contributed by atoms with Crippen molar-refractivity contribution in [2.75, 3.05) is 11.4 Å². The predicted molar refractivity (Wildman–Crippen MR) is 84.4 cm³/mol. The number of nitrogens with zero attached hydrogens (tertiary/aromatic N) is 2. The molecule has 20 heavy (non-hydrogen) atoms. The molecule has 3 nitrogen and oxygen atoms in total. The Bertz CT molecular complexity index is 480. The molecule has 4 heteroatoms. The van der Waals surface area contributed by atoms with Crippen LogP contribution >= 0.6 is 11.3 Å². The van der Waals surface area contributed by atoms with Crippen molar-refractivity contribution in [1.29, 1.82) is 0 Å². The Morgan fingerprint density at radius 2 is 2.20 bits per heavy atom. The second kappa shape index (κ2) is 5.30. The van der Waals surface area contributed by atoms with Crippen LogP contribution < -0.4 is 10.2 Å². The molecule has 0 aromatic carbocycles. The van der Waals surface area contributed by atoms with Gasteiger partial charge < -0.3 is 10.2 Å². The van der Waals surface area contributed by atoms with Crippen molar-refractivity contribution in [1.82, 2.24) is 10.3 Å². The number of anilines is 1. The number of rotatable bonds is 6. The van der Waals surface area contributed by atoms with Gasteiger partial charge in [0.1, 0.15) is 0 Å². The van der Waals surface area contributed by atoms with Crippen LogP contribution in [-0.4, -0.2) is 23.6 Å². The summed E-state index contributed by atoms with van der Waals surface area (Å²) in [6.45, 7) is 4.56. The summed E-state index contributed by atoms with van der Waals surface area (Å²) in [6.07, 6.45) is 9.33. The van der Waals surface area contributed by atoms with E-state index in [4.69, 9.17) is 4.98 Å². The van der Waals surface area contributed by atoms with Crippen molar-refractivity contribution in [2.24, 2.45) is 5.92 Å². The van der Waals surface area contributed by atoms with E-state index in [9.17, 15) is 0 Å². The molecule has 0 amide bonds. The Morgan fingerprint density at radius 1 is 1.30 bits per heavy atom. The molecule has 3 fully saturated rings. The first-order chi connectivity index (χ1) is 9.83. The fourth-order valence-corrected chi connectivity index (χ4v) is 4.88. The largest absolute Gasteiger partial charge is 0.345 e. The molecule has 0 spiro atoms. The fourth-order valence-electron chi connectivity index (χ4n) is 3.75. The number of hydrogen-bond acceptors (Lipinski definition) is 4. The molecule has 2 unspecified atom stereocenters. The molecule has 1 aliphatic heterocycles. The summed E-state index contributed by atoms with van der Waals surface area (Å²) in [5.41, 5.74) is 1.36. The van der Waals surface area contributed by atoms with Crippen molar-refractivity contribution in [3.63, 3.8) is 0 Å². The van der Waals surface area contributed by atoms with Gasteiger partial charge in [-0.3, -0.25) is 0 Å². The zero-order valence-electron chi connectivity index (χ0n) is 12.4. The predicted octanol–water partition coefficient (Wildman–Crippen LogP) is 3.34. The maximum absolute atomic E-state index is 5.00. The van der Waals surface area contributed by atoms with E-state index in [1.54, 1.807) is 0 Å². The third-order valence-corrected chi connectivity index (χ3v) is 6.17. The van der Waals surface area contributed by atoms with E-state index < -0.39 is 0 Å². The molecular weight excluding hydrogens is 266 g/mol. The Balaban J connectivity index is 1.51. The molecule has 2 atom stereocenters. The Labute approximate surface area is 125 Å². The third-order valence-electron chi connectivity index (χ3n) is 5.04. The summed E-state index contributed by atoms with van der Waals surface area (Å²) in [7, 11) is 0. The van der Waals surface area contributed by atoms with Crippen LogP contribution in [0.3, 0.4) is 0 Å². The number of nitrogens with one attached hydrogen (secondary N) is 1. The summed E-state index contributed by atoms with van der Waals surface area (Å²) in [4.78, 5) is 9.11. The zero-order chi connectivity index (χ0) is 13.5. The van der Waals surface area contributed by atoms with Crippen LogP contribution in [-0.2, 0) is 13.0 Å². The van der Waals surface area contributed by atoms with Gasteiger partial charge in [-0.15, -0.1) is 11.3 Å². The zero-order valence-corrected chi connectivity index (χ0v) is 13.2. The minimum atomic E-state index is 0.790. The average Bonchev–Trinajstić information content (AvgIpc) is 2.88. The van der Waals surface area contributed by atoms with Gasteiger partial charge in [-0.2, -0.15) is 0 Å². The lowest BCUT2D eigenvalue weighted by Gasteiger charge is -2.26. The van der Waals surface area contributed by atoms with E-state index in [2.05, 4.69) is 17.1 Å². The maximum Gasteiger partial charge on any atom is 0.186 e. The minimum Gasteiger partial charge on any atom is -0.345 e. The smallest absolute Gasteiger partial charge is 0.186 e. The highest BCUT2D eigenvalue weighted by atomic mass is 32.1. The van der Waals surface area contributed by atoms with E-state index in [-0.39, 0.29) is 0 Å². The van der Waals surface area contributed by atoms with Crippen molar-refractivity contribution >= 4 is 16.5 Å². The van der Waals surface area contributed by atoms with Crippen molar-refractivity contribution in [2.45, 2.75) is 70.5 Å². The molecule has 0 radical (unpaired) electrons. The minimum absolute atomic E-state index is 0.790. The van der Waals surface area contributed by atoms with Gasteiger partial charge in [0.2, 0.25) is 0 Å². The van der Waals surface area contributed by atoms with Gasteiger partial charge in [-0.05, 0) is 44.4 Å². The molecule has 1 N–H and O–H groups in total. The van der Waals surface area contributed by atoms with Crippen LogP contribution in [0.5, 0.6) is 0 Å². The average molecular weight is 291 g/mol. The van der Waals surface area contributed by atoms with Crippen LogP contribution in [0.1, 0.15) is 56.0 Å². The molecule has 1 aromatic heterocycles. The lowest BCUT2D eigenvalue weighted by atomic mass is 10.1. The van der Waals surface area contributed by atoms with E-state index in [1.165, 1.54) is 60.8 Å². The van der Waals surface area contributed by atoms with Crippen molar-refractivity contribution < 1.29 is 0 Å². The first-order valence-corrected chi connectivity index (χ1v) is 9.13. The van der Waals surface area contributed by atoms with E-state index >= 15 is 0 Å². The van der Waals surface area contributed by atoms with Crippen LogP contribution in [0.25, 0.3) is 0 Å². The summed E-state index contributed by atoms with van der Waals surface area (Å²) in [5, 5.41) is 4.97. The first kappa shape index (κ1) is 13.1. The van der Waals surface area contributed by atoms with E-state index in [0.29, 0.717) is 0 Å². The topological polar surface area (TPSA) is 28.2 Å². The van der Waals surface area contributed by atoms with E-state index in [1.807, 2.05) is 11.3 Å². The first-order valence-electron chi connectivity index (χ1n) is 8.32. The molecule has 2 bridgehead atoms. The van der Waals surface area contributed by atoms with E-state index in [0.717, 1.165) is 31.0 Å². The second-order valence-electron chi connectivity index (χ2n) is 6.76. The van der Waals surface area contributed by atoms with Crippen LogP contribution in [0.15, 0.2) is 0 Å². The second-order valence-corrected chi connectivity index (χ2v) is 7.82. The van der Waals surface area contributed by atoms with Crippen LogP contribution in [0.4, 0.5) is 5.13 Å². The maximum atomic E-state index is 5.00. The molecule has 2 aliphatic carbocycles. The SMILES string of the molecule is CCCc1nc(N2CC3CCC2C3)sc1CNC1CC1. The van der Waals surface area contributed by atoms with Gasteiger partial charge in [-0.25, -0.2) is 4.98 Å². The van der Waals surface area contributed by atoms with Crippen molar-refractivity contribution in [3.8, 4) is 0 Å². The number of aryl methyl sites for hydroxylation is 1. The summed E-state index contributed by atoms with van der Waals surface area (Å²) >= 11 is 1.96. The number of hydrogen-bond donors (Lipinski definition) is 1. The van der Waals surface area contributed by atoms with Gasteiger partial charge in [0.25, 0.3) is 0 Å². The van der Waals surface area contributed by atoms with Crippen molar-refractivity contribution in [3.05, 3.63) is 10.6 Å². The standard InChI is InChI=1S/C16H25N3S/c1-2-3-14-15(9-17-12-5-6-12)20-16(18-14)19-10-11-4-7-13(19)8-11/h11-13,17H,2-10H2,1H3. The molecule has 3 aliphatic rings. The molecule has 110 valence electrons. The van der Waals surface area contributed by atoms with Gasteiger partial charge >= 0.3 is 0 Å². The molecular formula is C16H25N3S. The number of thiazole rings is 1. The molecule has 1 saturated heterocycles. The normalized spacial score (nSPS) is 28.6. The fraction of sp³-hybridized carbons (Fsp3) is 0.812. The number of piperidine rings is 1. The highest BCUT2D eigenvalue weighted by Crippen LogP contribution is 2.42. The lowest BCUT2D eigenvalue weighted by Crippen LogP contribution is -2.31. The van der Waals surface area contributed by atoms with Crippen LogP contribution in [0, 0.1) is 5.92 Å². The molecule has 1 aromatic rings. The van der Waals surface area contributed by atoms with Gasteiger partial charge in [0.05, 0.1) is 5.69 Å². The quantitative estimate of drug-likeness (QED) is 0.871. The third kappa shape index (κ3) is 2.48. The molecule has 2 heterocycles. The van der Waals surface area contributed by atoms with Crippen LogP contribution in [0.2, 0.25) is 0 Å². The summed E-state index contributed by atoms with van der Waals surface area (Å²) < 4.78 is 0. The Morgan fingerprint density at radius 3 is 2.85 bits per heavy atom. The summed E-state index contributed by atoms with van der Waals surface area (Å²) in [6, 6.07) is 1.59. The number of fused-ring (bicyclic) bond motifs is 2. The lowest BCUT2D eigenvalue weighted by molar-refractivity contribution is 0.552. The number of aromatic nitrogens is 1. The highest BCUT2D eigenvalue weighted by Gasteiger charge is 2.39. The molecule has 2 saturated carbocycles. The van der Waals surface area contributed by atoms with Gasteiger partial charge in [0.15, 0.2) is 5.13 Å². The monoisotopic (exact) mass is 291 g/mol. The molecule has 4 rings (SSSR count). The Kier molecular flexibility index (Phi) is 3.47. The highest BCUT2D eigenvalue weighted by molar-refractivity contribution is 7.15. The Hall–Kier alpha value is -0.610. The summed E-state index contributed by atoms with van der Waals surface area (Å²) in [5.74, 6) is 0.951.